The highest BCUT2D eigenvalue weighted by Gasteiger charge is 2.10. The number of likely N-dealkylation sites (N-methyl/N-ethyl adjacent to an activating group) is 1. The summed E-state index contributed by atoms with van der Waals surface area (Å²) in [7, 11) is 1.94. The molecule has 0 saturated carbocycles. The van der Waals surface area contributed by atoms with E-state index in [0.29, 0.717) is 6.61 Å². The van der Waals surface area contributed by atoms with Gasteiger partial charge in [0, 0.05) is 28.6 Å². The van der Waals surface area contributed by atoms with E-state index in [0.717, 1.165) is 27.9 Å². The fourth-order valence-electron chi connectivity index (χ4n) is 1.68. The van der Waals surface area contributed by atoms with Gasteiger partial charge in [0.05, 0.1) is 5.01 Å². The molecule has 0 fully saturated rings. The van der Waals surface area contributed by atoms with Crippen molar-refractivity contribution in [2.75, 3.05) is 13.7 Å². The summed E-state index contributed by atoms with van der Waals surface area (Å²) in [5, 5.41) is 7.18. The highest BCUT2D eigenvalue weighted by Crippen LogP contribution is 2.16. The van der Waals surface area contributed by atoms with Crippen molar-refractivity contribution in [1.29, 1.82) is 0 Å². The van der Waals surface area contributed by atoms with E-state index in [9.17, 15) is 0 Å². The van der Waals surface area contributed by atoms with Crippen LogP contribution in [0.2, 0.25) is 5.02 Å². The minimum absolute atomic E-state index is 0.251. The number of benzene rings is 1. The number of nitrogens with zero attached hydrogens (tertiary/aromatic N) is 1. The lowest BCUT2D eigenvalue weighted by Crippen LogP contribution is -2.33. The molecule has 0 radical (unpaired) electrons. The number of aryl methyl sites for hydroxylation is 1. The summed E-state index contributed by atoms with van der Waals surface area (Å²) in [4.78, 5) is 4.47. The largest absolute Gasteiger partial charge is 0.492 e. The fraction of sp³-hybridized carbons (Fsp3) is 0.357. The Labute approximate surface area is 122 Å². The van der Waals surface area contributed by atoms with Crippen molar-refractivity contribution in [2.45, 2.75) is 19.4 Å². The molecular formula is C14H17ClN2OS. The first kappa shape index (κ1) is 14.3. The van der Waals surface area contributed by atoms with E-state index < -0.39 is 0 Å². The van der Waals surface area contributed by atoms with Crippen molar-refractivity contribution in [3.05, 3.63) is 45.4 Å². The van der Waals surface area contributed by atoms with Crippen LogP contribution in [0.1, 0.15) is 10.7 Å². The van der Waals surface area contributed by atoms with Crippen LogP contribution in [-0.4, -0.2) is 24.7 Å². The molecule has 0 spiro atoms. The number of hydrogen-bond donors (Lipinski definition) is 1. The summed E-state index contributed by atoms with van der Waals surface area (Å²) in [6.07, 6.45) is 0.878. The molecule has 0 amide bonds. The molecule has 19 heavy (non-hydrogen) atoms. The zero-order chi connectivity index (χ0) is 13.7. The third-order valence-electron chi connectivity index (χ3n) is 2.76. The highest BCUT2D eigenvalue weighted by molar-refractivity contribution is 7.09. The van der Waals surface area contributed by atoms with Crippen molar-refractivity contribution in [1.82, 2.24) is 10.3 Å². The van der Waals surface area contributed by atoms with Crippen LogP contribution in [0.5, 0.6) is 5.75 Å². The zero-order valence-corrected chi connectivity index (χ0v) is 12.6. The molecule has 2 aromatic rings. The molecule has 1 atom stereocenters. The molecule has 3 nitrogen and oxygen atoms in total. The summed E-state index contributed by atoms with van der Waals surface area (Å²) >= 11 is 7.53. The van der Waals surface area contributed by atoms with Crippen molar-refractivity contribution < 1.29 is 4.74 Å². The van der Waals surface area contributed by atoms with Crippen LogP contribution in [0.3, 0.4) is 0 Å². The number of aromatic nitrogens is 1. The Morgan fingerprint density at radius 1 is 1.37 bits per heavy atom. The Morgan fingerprint density at radius 3 is 2.68 bits per heavy atom. The lowest BCUT2D eigenvalue weighted by molar-refractivity contribution is 0.269. The topological polar surface area (TPSA) is 34.1 Å². The minimum atomic E-state index is 0.251. The molecule has 0 bridgehead atoms. The van der Waals surface area contributed by atoms with Gasteiger partial charge in [-0.25, -0.2) is 4.98 Å². The number of ether oxygens (including phenoxy) is 1. The van der Waals surface area contributed by atoms with Gasteiger partial charge in [0.1, 0.15) is 12.4 Å². The van der Waals surface area contributed by atoms with E-state index >= 15 is 0 Å². The van der Waals surface area contributed by atoms with E-state index in [-0.39, 0.29) is 6.04 Å². The van der Waals surface area contributed by atoms with Gasteiger partial charge >= 0.3 is 0 Å². The van der Waals surface area contributed by atoms with Gasteiger partial charge in [-0.3, -0.25) is 0 Å². The molecule has 1 aromatic heterocycles. The maximum atomic E-state index is 5.84. The average molecular weight is 297 g/mol. The van der Waals surface area contributed by atoms with Crippen molar-refractivity contribution in [3.63, 3.8) is 0 Å². The molecule has 0 aliphatic rings. The number of thiazole rings is 1. The fourth-order valence-corrected chi connectivity index (χ4v) is 2.66. The Bertz CT molecular complexity index is 512. The van der Waals surface area contributed by atoms with Gasteiger partial charge in [0.15, 0.2) is 0 Å². The van der Waals surface area contributed by atoms with Gasteiger partial charge in [0.2, 0.25) is 0 Å². The summed E-state index contributed by atoms with van der Waals surface area (Å²) in [5.41, 5.74) is 1.08. The van der Waals surface area contributed by atoms with Crippen molar-refractivity contribution in [3.8, 4) is 5.75 Å². The molecule has 2 rings (SSSR count). The Balaban J connectivity index is 1.87. The van der Waals surface area contributed by atoms with Gasteiger partial charge in [-0.2, -0.15) is 0 Å². The molecule has 0 aliphatic heterocycles. The molecule has 102 valence electrons. The number of hydrogen-bond acceptors (Lipinski definition) is 4. The van der Waals surface area contributed by atoms with Crippen LogP contribution in [0.4, 0.5) is 0 Å². The Hall–Kier alpha value is -1.10. The lowest BCUT2D eigenvalue weighted by atomic mass is 10.2. The summed E-state index contributed by atoms with van der Waals surface area (Å²) in [6, 6.07) is 7.66. The zero-order valence-electron chi connectivity index (χ0n) is 11.0. The first-order valence-corrected chi connectivity index (χ1v) is 7.40. The Kier molecular flexibility index (Phi) is 5.19. The number of nitrogens with one attached hydrogen (secondary N) is 1. The molecular weight excluding hydrogens is 280 g/mol. The van der Waals surface area contributed by atoms with Crippen molar-refractivity contribution in [2.24, 2.45) is 0 Å². The van der Waals surface area contributed by atoms with Gasteiger partial charge < -0.3 is 10.1 Å². The normalized spacial score (nSPS) is 12.4. The quantitative estimate of drug-likeness (QED) is 0.888. The number of halogens is 1. The third kappa shape index (κ3) is 4.49. The summed E-state index contributed by atoms with van der Waals surface area (Å²) in [6.45, 7) is 2.62. The summed E-state index contributed by atoms with van der Waals surface area (Å²) in [5.74, 6) is 0.833. The van der Waals surface area contributed by atoms with E-state index in [1.165, 1.54) is 0 Å². The van der Waals surface area contributed by atoms with Crippen LogP contribution < -0.4 is 10.1 Å². The van der Waals surface area contributed by atoms with E-state index in [1.54, 1.807) is 11.3 Å². The molecule has 1 unspecified atom stereocenters. The van der Waals surface area contributed by atoms with Crippen LogP contribution >= 0.6 is 22.9 Å². The first-order valence-electron chi connectivity index (χ1n) is 6.14. The van der Waals surface area contributed by atoms with Crippen molar-refractivity contribution >= 4 is 22.9 Å². The standard InChI is InChI=1S/C14H17ClN2OS/c1-10-9-19-14(17-10)7-12(16-2)8-18-13-5-3-11(15)4-6-13/h3-6,9,12,16H,7-8H2,1-2H3. The van der Waals surface area contributed by atoms with Crippen LogP contribution in [0.25, 0.3) is 0 Å². The maximum absolute atomic E-state index is 5.84. The molecule has 1 N–H and O–H groups in total. The predicted octanol–water partition coefficient (Wildman–Crippen LogP) is 3.31. The van der Waals surface area contributed by atoms with Crippen LogP contribution in [0.15, 0.2) is 29.6 Å². The SMILES string of the molecule is CNC(COc1ccc(Cl)cc1)Cc1nc(C)cs1. The smallest absolute Gasteiger partial charge is 0.119 e. The van der Waals surface area contributed by atoms with Gasteiger partial charge in [0.25, 0.3) is 0 Å². The van der Waals surface area contributed by atoms with E-state index in [1.807, 2.05) is 38.2 Å². The molecule has 0 saturated heterocycles. The lowest BCUT2D eigenvalue weighted by Gasteiger charge is -2.15. The highest BCUT2D eigenvalue weighted by atomic mass is 35.5. The maximum Gasteiger partial charge on any atom is 0.119 e. The third-order valence-corrected chi connectivity index (χ3v) is 4.00. The average Bonchev–Trinajstić information content (AvgIpc) is 2.82. The number of rotatable bonds is 6. The first-order chi connectivity index (χ1) is 9.17. The molecule has 1 aromatic carbocycles. The second-order valence-electron chi connectivity index (χ2n) is 4.34. The molecule has 1 heterocycles. The van der Waals surface area contributed by atoms with Crippen LogP contribution in [-0.2, 0) is 6.42 Å². The van der Waals surface area contributed by atoms with Gasteiger partial charge in [-0.15, -0.1) is 11.3 Å². The van der Waals surface area contributed by atoms with Gasteiger partial charge in [-0.1, -0.05) is 11.6 Å². The van der Waals surface area contributed by atoms with Gasteiger partial charge in [-0.05, 0) is 38.2 Å². The minimum Gasteiger partial charge on any atom is -0.492 e. The van der Waals surface area contributed by atoms with E-state index in [4.69, 9.17) is 16.3 Å². The molecule has 5 heteroatoms. The van der Waals surface area contributed by atoms with E-state index in [2.05, 4.69) is 15.7 Å². The predicted molar refractivity (Wildman–Crippen MR) is 80.3 cm³/mol. The van der Waals surface area contributed by atoms with Crippen LogP contribution in [0, 0.1) is 6.92 Å². The second-order valence-corrected chi connectivity index (χ2v) is 5.72. The Morgan fingerprint density at radius 2 is 2.11 bits per heavy atom. The monoisotopic (exact) mass is 296 g/mol. The molecule has 0 aliphatic carbocycles. The summed E-state index contributed by atoms with van der Waals surface area (Å²) < 4.78 is 5.75. The second kappa shape index (κ2) is 6.89.